The fraction of sp³-hybridized carbons (Fsp3) is 0. The standard InChI is InChI=1S/C58H36N2O2/c1-2-10-37(11-3-1)38-18-24-42(25-19-38)59(44-28-30-49-47-14-6-8-16-54(47)61-56(49)35-44)43-26-20-39(21-27-43)41-23-32-52-51(34-41)58-46-13-5-4-12-40(46)22-33-53(58)60(52)45-29-31-50-48-15-7-9-17-55(48)62-57(50)36-45/h1-36H. The van der Waals surface area contributed by atoms with Gasteiger partial charge in [0.25, 0.3) is 0 Å². The van der Waals surface area contributed by atoms with Crippen molar-refractivity contribution >= 4 is 93.5 Å². The lowest BCUT2D eigenvalue weighted by Gasteiger charge is -2.26. The summed E-state index contributed by atoms with van der Waals surface area (Å²) >= 11 is 0. The fourth-order valence-electron chi connectivity index (χ4n) is 9.64. The number of fused-ring (bicyclic) bond motifs is 11. The summed E-state index contributed by atoms with van der Waals surface area (Å²) in [5.74, 6) is 0. The molecule has 0 aliphatic rings. The van der Waals surface area contributed by atoms with E-state index in [1.807, 2.05) is 24.3 Å². The molecule has 4 heteroatoms. The Bertz CT molecular complexity index is 3850. The Morgan fingerprint density at radius 1 is 0.306 bits per heavy atom. The van der Waals surface area contributed by atoms with E-state index in [2.05, 4.69) is 204 Å². The molecule has 0 unspecified atom stereocenters. The molecule has 0 saturated carbocycles. The highest BCUT2D eigenvalue weighted by atomic mass is 16.3. The molecule has 0 atom stereocenters. The summed E-state index contributed by atoms with van der Waals surface area (Å²) in [5, 5.41) is 9.40. The van der Waals surface area contributed by atoms with Crippen molar-refractivity contribution in [3.8, 4) is 27.9 Å². The maximum Gasteiger partial charge on any atom is 0.137 e. The minimum atomic E-state index is 0.865. The van der Waals surface area contributed by atoms with Gasteiger partial charge in [0.1, 0.15) is 22.3 Å². The smallest absolute Gasteiger partial charge is 0.137 e. The van der Waals surface area contributed by atoms with Crippen LogP contribution in [0.3, 0.4) is 0 Å². The molecular weight excluding hydrogens is 757 g/mol. The lowest BCUT2D eigenvalue weighted by molar-refractivity contribution is 0.668. The molecule has 13 rings (SSSR count). The van der Waals surface area contributed by atoms with Crippen molar-refractivity contribution in [2.24, 2.45) is 0 Å². The van der Waals surface area contributed by atoms with E-state index in [9.17, 15) is 0 Å². The van der Waals surface area contributed by atoms with Gasteiger partial charge in [0.2, 0.25) is 0 Å². The lowest BCUT2D eigenvalue weighted by atomic mass is 9.99. The third-order valence-corrected chi connectivity index (χ3v) is 12.6. The maximum atomic E-state index is 6.39. The Morgan fingerprint density at radius 2 is 0.823 bits per heavy atom. The average molecular weight is 793 g/mol. The van der Waals surface area contributed by atoms with Crippen molar-refractivity contribution in [3.63, 3.8) is 0 Å². The van der Waals surface area contributed by atoms with Crippen LogP contribution in [0.15, 0.2) is 227 Å². The van der Waals surface area contributed by atoms with Gasteiger partial charge in [0, 0.05) is 67.2 Å². The third-order valence-electron chi connectivity index (χ3n) is 12.6. The summed E-state index contributed by atoms with van der Waals surface area (Å²) in [6.07, 6.45) is 0. The van der Waals surface area contributed by atoms with Crippen molar-refractivity contribution in [2.75, 3.05) is 4.90 Å². The number of hydrogen-bond acceptors (Lipinski definition) is 3. The topological polar surface area (TPSA) is 34.5 Å². The van der Waals surface area contributed by atoms with Gasteiger partial charge in [-0.1, -0.05) is 127 Å². The quantitative estimate of drug-likeness (QED) is 0.168. The number of aromatic nitrogens is 1. The summed E-state index contributed by atoms with van der Waals surface area (Å²) in [6, 6.07) is 78.0. The van der Waals surface area contributed by atoms with Crippen molar-refractivity contribution < 1.29 is 8.83 Å². The number of benzene rings is 10. The normalized spacial score (nSPS) is 11.9. The highest BCUT2D eigenvalue weighted by Crippen LogP contribution is 2.42. The molecule has 0 saturated heterocycles. The predicted octanol–water partition coefficient (Wildman–Crippen LogP) is 16.5. The van der Waals surface area contributed by atoms with Crippen LogP contribution in [0.1, 0.15) is 0 Å². The Balaban J connectivity index is 0.938. The Hall–Kier alpha value is -8.34. The molecule has 10 aromatic carbocycles. The fourth-order valence-corrected chi connectivity index (χ4v) is 9.64. The van der Waals surface area contributed by atoms with Crippen LogP contribution in [-0.2, 0) is 0 Å². The second-order valence-electron chi connectivity index (χ2n) is 16.1. The first-order valence-corrected chi connectivity index (χ1v) is 21.1. The first-order chi connectivity index (χ1) is 30.7. The van der Waals surface area contributed by atoms with Gasteiger partial charge in [-0.3, -0.25) is 0 Å². The number of rotatable bonds is 6. The Kier molecular flexibility index (Phi) is 7.57. The second-order valence-corrected chi connectivity index (χ2v) is 16.1. The molecule has 290 valence electrons. The van der Waals surface area contributed by atoms with E-state index in [1.165, 1.54) is 32.7 Å². The zero-order valence-electron chi connectivity index (χ0n) is 33.5. The van der Waals surface area contributed by atoms with Gasteiger partial charge in [-0.25, -0.2) is 0 Å². The van der Waals surface area contributed by atoms with E-state index in [1.54, 1.807) is 0 Å². The molecule has 4 nitrogen and oxygen atoms in total. The van der Waals surface area contributed by atoms with Crippen LogP contribution in [0, 0.1) is 0 Å². The highest BCUT2D eigenvalue weighted by molar-refractivity contribution is 6.22. The first kappa shape index (κ1) is 34.5. The Morgan fingerprint density at radius 3 is 1.53 bits per heavy atom. The molecule has 0 fully saturated rings. The SMILES string of the molecule is c1ccc(-c2ccc(N(c3ccc(-c4ccc5c(c4)c4c6ccccc6ccc4n5-c4ccc5c(c4)oc4ccccc45)cc3)c3ccc4c(c3)oc3ccccc34)cc2)cc1. The van der Waals surface area contributed by atoms with E-state index >= 15 is 0 Å². The van der Waals surface area contributed by atoms with Gasteiger partial charge in [0.15, 0.2) is 0 Å². The van der Waals surface area contributed by atoms with E-state index in [0.717, 1.165) is 88.8 Å². The van der Waals surface area contributed by atoms with Gasteiger partial charge in [0.05, 0.1) is 11.0 Å². The summed E-state index contributed by atoms with van der Waals surface area (Å²) in [6.45, 7) is 0. The number of para-hydroxylation sites is 2. The number of hydrogen-bond donors (Lipinski definition) is 0. The van der Waals surface area contributed by atoms with Crippen LogP contribution in [0.25, 0.3) is 104 Å². The van der Waals surface area contributed by atoms with Crippen LogP contribution >= 0.6 is 0 Å². The summed E-state index contributed by atoms with van der Waals surface area (Å²) in [7, 11) is 0. The third kappa shape index (κ3) is 5.40. The molecule has 0 radical (unpaired) electrons. The highest BCUT2D eigenvalue weighted by Gasteiger charge is 2.19. The second kappa shape index (κ2) is 13.6. The minimum Gasteiger partial charge on any atom is -0.456 e. The van der Waals surface area contributed by atoms with Crippen LogP contribution in [0.2, 0.25) is 0 Å². The van der Waals surface area contributed by atoms with Crippen LogP contribution < -0.4 is 4.90 Å². The molecule has 0 N–H and O–H groups in total. The molecule has 0 amide bonds. The van der Waals surface area contributed by atoms with Gasteiger partial charge in [-0.05, 0) is 112 Å². The molecule has 0 bridgehead atoms. The monoisotopic (exact) mass is 792 g/mol. The van der Waals surface area contributed by atoms with Crippen molar-refractivity contribution in [1.29, 1.82) is 0 Å². The van der Waals surface area contributed by atoms with E-state index in [4.69, 9.17) is 8.83 Å². The average Bonchev–Trinajstić information content (AvgIpc) is 4.01. The molecule has 0 aliphatic carbocycles. The van der Waals surface area contributed by atoms with Gasteiger partial charge in [-0.15, -0.1) is 0 Å². The minimum absolute atomic E-state index is 0.865. The molecule has 3 aromatic heterocycles. The largest absolute Gasteiger partial charge is 0.456 e. The molecule has 13 aromatic rings. The molecular formula is C58H36N2O2. The number of nitrogens with zero attached hydrogens (tertiary/aromatic N) is 2. The summed E-state index contributed by atoms with van der Waals surface area (Å²) < 4.78 is 15.2. The van der Waals surface area contributed by atoms with Gasteiger partial charge in [-0.2, -0.15) is 0 Å². The predicted molar refractivity (Wildman–Crippen MR) is 258 cm³/mol. The maximum absolute atomic E-state index is 6.39. The molecule has 0 aliphatic heterocycles. The number of anilines is 3. The van der Waals surface area contributed by atoms with E-state index in [-0.39, 0.29) is 0 Å². The zero-order chi connectivity index (χ0) is 40.7. The van der Waals surface area contributed by atoms with Crippen LogP contribution in [0.4, 0.5) is 17.1 Å². The van der Waals surface area contributed by atoms with E-state index < -0.39 is 0 Å². The lowest BCUT2D eigenvalue weighted by Crippen LogP contribution is -2.09. The first-order valence-electron chi connectivity index (χ1n) is 21.1. The van der Waals surface area contributed by atoms with Crippen LogP contribution in [0.5, 0.6) is 0 Å². The van der Waals surface area contributed by atoms with Crippen molar-refractivity contribution in [2.45, 2.75) is 0 Å². The number of furan rings is 2. The summed E-state index contributed by atoms with van der Waals surface area (Å²) in [4.78, 5) is 2.31. The Labute approximate surface area is 356 Å². The van der Waals surface area contributed by atoms with Crippen LogP contribution in [-0.4, -0.2) is 4.57 Å². The molecule has 62 heavy (non-hydrogen) atoms. The van der Waals surface area contributed by atoms with Crippen molar-refractivity contribution in [1.82, 2.24) is 4.57 Å². The summed E-state index contributed by atoms with van der Waals surface area (Å²) in [5.41, 5.74) is 14.8. The zero-order valence-corrected chi connectivity index (χ0v) is 33.5. The molecule has 3 heterocycles. The molecule has 0 spiro atoms. The van der Waals surface area contributed by atoms with Gasteiger partial charge < -0.3 is 18.3 Å². The van der Waals surface area contributed by atoms with E-state index in [0.29, 0.717) is 0 Å². The van der Waals surface area contributed by atoms with Gasteiger partial charge >= 0.3 is 0 Å². The van der Waals surface area contributed by atoms with Crippen molar-refractivity contribution in [3.05, 3.63) is 218 Å².